The minimum absolute atomic E-state index is 0. The standard InChI is InChI=1S/C6H14NOS.ClH/c1-7(2,3)6-4-9(8)5-6;/h6H,4-5H2,1-3H3;1H/q+1;/p-1. The molecule has 1 fully saturated rings. The van der Waals surface area contributed by atoms with Gasteiger partial charge in [-0.25, -0.2) is 0 Å². The molecule has 0 unspecified atom stereocenters. The molecular weight excluding hydrogens is 170 g/mol. The van der Waals surface area contributed by atoms with Crippen molar-refractivity contribution in [3.63, 3.8) is 0 Å². The fourth-order valence-corrected chi connectivity index (χ4v) is 2.48. The van der Waals surface area contributed by atoms with Gasteiger partial charge in [0.05, 0.1) is 32.6 Å². The molecule has 1 aliphatic rings. The van der Waals surface area contributed by atoms with Crippen molar-refractivity contribution in [3.8, 4) is 0 Å². The van der Waals surface area contributed by atoms with Crippen molar-refractivity contribution in [2.75, 3.05) is 32.6 Å². The van der Waals surface area contributed by atoms with E-state index in [1.54, 1.807) is 0 Å². The molecule has 0 bridgehead atoms. The van der Waals surface area contributed by atoms with Crippen LogP contribution in [-0.4, -0.2) is 47.4 Å². The van der Waals surface area contributed by atoms with E-state index < -0.39 is 10.8 Å². The van der Waals surface area contributed by atoms with E-state index in [-0.39, 0.29) is 12.4 Å². The topological polar surface area (TPSA) is 17.1 Å². The van der Waals surface area contributed by atoms with Crippen LogP contribution in [0.5, 0.6) is 0 Å². The molecule has 10 heavy (non-hydrogen) atoms. The highest BCUT2D eigenvalue weighted by Crippen LogP contribution is 2.15. The van der Waals surface area contributed by atoms with Crippen molar-refractivity contribution >= 4 is 10.8 Å². The Balaban J connectivity index is 0.000000810. The molecule has 0 aromatic heterocycles. The van der Waals surface area contributed by atoms with E-state index in [2.05, 4.69) is 21.1 Å². The van der Waals surface area contributed by atoms with Gasteiger partial charge < -0.3 is 16.9 Å². The predicted octanol–water partition coefficient (Wildman–Crippen LogP) is -3.17. The molecule has 62 valence electrons. The van der Waals surface area contributed by atoms with E-state index in [1.165, 1.54) is 0 Å². The predicted molar refractivity (Wildman–Crippen MR) is 39.7 cm³/mol. The molecule has 0 amide bonds. The fourth-order valence-electron chi connectivity index (χ4n) is 0.828. The number of quaternary nitrogens is 1. The first-order valence-electron chi connectivity index (χ1n) is 3.16. The van der Waals surface area contributed by atoms with Crippen LogP contribution in [0.1, 0.15) is 0 Å². The second-order valence-electron chi connectivity index (χ2n) is 3.54. The Morgan fingerprint density at radius 1 is 1.30 bits per heavy atom. The van der Waals surface area contributed by atoms with Crippen molar-refractivity contribution in [1.82, 2.24) is 0 Å². The first kappa shape index (κ1) is 10.4. The van der Waals surface area contributed by atoms with E-state index in [9.17, 15) is 4.21 Å². The summed E-state index contributed by atoms with van der Waals surface area (Å²) in [7, 11) is 5.98. The SMILES string of the molecule is C[N+](C)(C)C1CS(=O)C1.[Cl-]. The van der Waals surface area contributed by atoms with Crippen molar-refractivity contribution in [1.29, 1.82) is 0 Å². The van der Waals surface area contributed by atoms with E-state index >= 15 is 0 Å². The minimum atomic E-state index is -0.484. The molecule has 0 aromatic carbocycles. The summed E-state index contributed by atoms with van der Waals surface area (Å²) in [5.41, 5.74) is 0. The third kappa shape index (κ3) is 2.22. The molecule has 0 atom stereocenters. The van der Waals surface area contributed by atoms with Gasteiger partial charge in [-0.3, -0.25) is 4.21 Å². The maximum Gasteiger partial charge on any atom is 0.112 e. The highest BCUT2D eigenvalue weighted by molar-refractivity contribution is 7.86. The van der Waals surface area contributed by atoms with Gasteiger partial charge >= 0.3 is 0 Å². The summed E-state index contributed by atoms with van der Waals surface area (Å²) in [5.74, 6) is 1.81. The Morgan fingerprint density at radius 2 is 1.70 bits per heavy atom. The summed E-state index contributed by atoms with van der Waals surface area (Å²) in [4.78, 5) is 0. The molecule has 0 saturated carbocycles. The molecule has 0 N–H and O–H groups in total. The third-order valence-electron chi connectivity index (χ3n) is 1.85. The molecule has 2 nitrogen and oxygen atoms in total. The highest BCUT2D eigenvalue weighted by atomic mass is 35.5. The molecule has 0 radical (unpaired) electrons. The first-order chi connectivity index (χ1) is 4.00. The summed E-state index contributed by atoms with van der Waals surface area (Å²) >= 11 is 0. The van der Waals surface area contributed by atoms with E-state index in [0.717, 1.165) is 16.0 Å². The van der Waals surface area contributed by atoms with Gasteiger partial charge in [0.25, 0.3) is 0 Å². The Morgan fingerprint density at radius 3 is 1.80 bits per heavy atom. The molecule has 1 heterocycles. The molecule has 1 saturated heterocycles. The molecule has 0 aromatic rings. The zero-order valence-electron chi connectivity index (χ0n) is 6.63. The lowest BCUT2D eigenvalue weighted by molar-refractivity contribution is -0.891. The molecule has 4 heteroatoms. The molecule has 1 rings (SSSR count). The number of hydrogen-bond donors (Lipinski definition) is 0. The van der Waals surface area contributed by atoms with Gasteiger partial charge in [-0.2, -0.15) is 0 Å². The lowest BCUT2D eigenvalue weighted by atomic mass is 10.3. The summed E-state index contributed by atoms with van der Waals surface area (Å²) < 4.78 is 11.6. The maximum absolute atomic E-state index is 10.7. The molecular formula is C6H14ClNOS. The summed E-state index contributed by atoms with van der Waals surface area (Å²) in [6, 6.07) is 0.644. The number of rotatable bonds is 1. The highest BCUT2D eigenvalue weighted by Gasteiger charge is 2.35. The first-order valence-corrected chi connectivity index (χ1v) is 4.65. The van der Waals surface area contributed by atoms with Crippen molar-refractivity contribution < 1.29 is 21.1 Å². The minimum Gasteiger partial charge on any atom is -1.00 e. The lowest BCUT2D eigenvalue weighted by Gasteiger charge is -2.38. The maximum atomic E-state index is 10.7. The van der Waals surface area contributed by atoms with Gasteiger partial charge in [0, 0.05) is 10.8 Å². The van der Waals surface area contributed by atoms with Crippen LogP contribution in [0, 0.1) is 0 Å². The van der Waals surface area contributed by atoms with Gasteiger partial charge in [-0.15, -0.1) is 0 Å². The third-order valence-corrected chi connectivity index (χ3v) is 3.37. The van der Waals surface area contributed by atoms with Crippen LogP contribution < -0.4 is 12.4 Å². The van der Waals surface area contributed by atoms with Crippen LogP contribution in [0.3, 0.4) is 0 Å². The lowest BCUT2D eigenvalue weighted by Crippen LogP contribution is -3.00. The molecule has 0 aliphatic carbocycles. The zero-order valence-corrected chi connectivity index (χ0v) is 8.21. The monoisotopic (exact) mass is 183 g/mol. The zero-order chi connectivity index (χ0) is 7.07. The Kier molecular flexibility index (Phi) is 3.33. The van der Waals surface area contributed by atoms with Gasteiger partial charge in [-0.1, -0.05) is 0 Å². The van der Waals surface area contributed by atoms with Gasteiger partial charge in [-0.05, 0) is 0 Å². The van der Waals surface area contributed by atoms with Gasteiger partial charge in [0.1, 0.15) is 6.04 Å². The van der Waals surface area contributed by atoms with Crippen LogP contribution in [-0.2, 0) is 10.8 Å². The normalized spacial score (nSPS) is 32.3. The van der Waals surface area contributed by atoms with Crippen LogP contribution >= 0.6 is 0 Å². The quantitative estimate of drug-likeness (QED) is 0.392. The second kappa shape index (κ2) is 3.20. The Bertz CT molecular complexity index is 135. The van der Waals surface area contributed by atoms with Crippen LogP contribution in [0.15, 0.2) is 0 Å². The van der Waals surface area contributed by atoms with Crippen LogP contribution in [0.4, 0.5) is 0 Å². The largest absolute Gasteiger partial charge is 1.00 e. The molecule has 1 aliphatic heterocycles. The average molecular weight is 184 g/mol. The van der Waals surface area contributed by atoms with E-state index in [4.69, 9.17) is 0 Å². The number of nitrogens with zero attached hydrogens (tertiary/aromatic N) is 1. The van der Waals surface area contributed by atoms with E-state index in [0.29, 0.717) is 6.04 Å². The summed E-state index contributed by atoms with van der Waals surface area (Å²) in [6.45, 7) is 0. The van der Waals surface area contributed by atoms with Crippen molar-refractivity contribution in [3.05, 3.63) is 0 Å². The van der Waals surface area contributed by atoms with Gasteiger partial charge in [0.15, 0.2) is 0 Å². The number of hydrogen-bond acceptors (Lipinski definition) is 1. The van der Waals surface area contributed by atoms with Crippen molar-refractivity contribution in [2.24, 2.45) is 0 Å². The molecule has 0 spiro atoms. The van der Waals surface area contributed by atoms with Crippen LogP contribution in [0.2, 0.25) is 0 Å². The van der Waals surface area contributed by atoms with Crippen molar-refractivity contribution in [2.45, 2.75) is 6.04 Å². The summed E-state index contributed by atoms with van der Waals surface area (Å²) in [5, 5.41) is 0. The van der Waals surface area contributed by atoms with Gasteiger partial charge in [0.2, 0.25) is 0 Å². The summed E-state index contributed by atoms with van der Waals surface area (Å²) in [6.07, 6.45) is 0. The Labute approximate surface area is 71.1 Å². The second-order valence-corrected chi connectivity index (χ2v) is 5.09. The number of halogens is 1. The average Bonchev–Trinajstić information content (AvgIpc) is 1.55. The fraction of sp³-hybridized carbons (Fsp3) is 1.00. The Hall–Kier alpha value is 0.400. The smallest absolute Gasteiger partial charge is 0.112 e. The van der Waals surface area contributed by atoms with E-state index in [1.807, 2.05) is 0 Å². The van der Waals surface area contributed by atoms with Crippen LogP contribution in [0.25, 0.3) is 0 Å².